The van der Waals surface area contributed by atoms with E-state index in [4.69, 9.17) is 0 Å². The lowest BCUT2D eigenvalue weighted by molar-refractivity contribution is -0.120. The quantitative estimate of drug-likeness (QED) is 0.646. The van der Waals surface area contributed by atoms with Crippen LogP contribution in [-0.4, -0.2) is 28.1 Å². The lowest BCUT2D eigenvalue weighted by Gasteiger charge is -2.13. The van der Waals surface area contributed by atoms with Crippen LogP contribution in [0.25, 0.3) is 5.69 Å². The highest BCUT2D eigenvalue weighted by Crippen LogP contribution is 2.23. The molecule has 1 heterocycles. The Hall–Kier alpha value is -3.48. The molecular formula is C22H23FN4O2. The average Bonchev–Trinajstić information content (AvgIpc) is 3.17. The summed E-state index contributed by atoms with van der Waals surface area (Å²) in [5, 5.41) is 9.70. The Morgan fingerprint density at radius 2 is 1.72 bits per heavy atom. The number of carbonyl (C=O) groups is 2. The number of nitrogens with zero attached hydrogens (tertiary/aromatic N) is 2. The predicted octanol–water partition coefficient (Wildman–Crippen LogP) is 3.18. The molecule has 2 N–H and O–H groups in total. The van der Waals surface area contributed by atoms with E-state index >= 15 is 0 Å². The van der Waals surface area contributed by atoms with Crippen LogP contribution in [-0.2, 0) is 11.3 Å². The van der Waals surface area contributed by atoms with Crippen LogP contribution in [0.15, 0.2) is 60.8 Å². The number of benzene rings is 2. The van der Waals surface area contributed by atoms with Gasteiger partial charge in [0.2, 0.25) is 5.91 Å². The first-order chi connectivity index (χ1) is 14.0. The molecule has 0 fully saturated rings. The second kappa shape index (κ2) is 9.14. The summed E-state index contributed by atoms with van der Waals surface area (Å²) in [4.78, 5) is 24.7. The Morgan fingerprint density at radius 3 is 2.38 bits per heavy atom. The number of carbonyl (C=O) groups excluding carboxylic acids is 2. The molecule has 29 heavy (non-hydrogen) atoms. The van der Waals surface area contributed by atoms with Crippen LogP contribution in [0.3, 0.4) is 0 Å². The van der Waals surface area contributed by atoms with Crippen molar-refractivity contribution in [3.05, 3.63) is 83.4 Å². The van der Waals surface area contributed by atoms with Crippen molar-refractivity contribution in [1.82, 2.24) is 20.4 Å². The molecule has 2 amide bonds. The number of aromatic nitrogens is 2. The highest BCUT2D eigenvalue weighted by Gasteiger charge is 2.21. The van der Waals surface area contributed by atoms with Gasteiger partial charge in [0.15, 0.2) is 0 Å². The van der Waals surface area contributed by atoms with Crippen molar-refractivity contribution in [1.29, 1.82) is 0 Å². The van der Waals surface area contributed by atoms with E-state index in [2.05, 4.69) is 15.7 Å². The molecule has 0 bridgehead atoms. The second-order valence-corrected chi connectivity index (χ2v) is 6.93. The summed E-state index contributed by atoms with van der Waals surface area (Å²) >= 11 is 0. The molecular weight excluding hydrogens is 371 g/mol. The molecule has 0 saturated carbocycles. The Kier molecular flexibility index (Phi) is 6.39. The van der Waals surface area contributed by atoms with Crippen molar-refractivity contribution < 1.29 is 14.0 Å². The second-order valence-electron chi connectivity index (χ2n) is 6.93. The van der Waals surface area contributed by atoms with Crippen LogP contribution >= 0.6 is 0 Å². The summed E-state index contributed by atoms with van der Waals surface area (Å²) in [6.45, 7) is 4.15. The van der Waals surface area contributed by atoms with Crippen molar-refractivity contribution in [3.8, 4) is 5.69 Å². The summed E-state index contributed by atoms with van der Waals surface area (Å²) in [5.41, 5.74) is 2.73. The average molecular weight is 394 g/mol. The minimum atomic E-state index is -0.378. The molecule has 0 saturated heterocycles. The molecule has 0 aliphatic carbocycles. The van der Waals surface area contributed by atoms with E-state index in [0.29, 0.717) is 23.5 Å². The zero-order valence-corrected chi connectivity index (χ0v) is 16.4. The number of amides is 2. The van der Waals surface area contributed by atoms with Crippen molar-refractivity contribution in [2.45, 2.75) is 26.3 Å². The Labute approximate surface area is 168 Å². The molecule has 0 aliphatic rings. The SMILES string of the molecule is CC(C)c1c(C(=O)NCC(=O)NCc2ccccc2)cnn1-c1ccc(F)cc1. The molecule has 0 atom stereocenters. The first-order valence-corrected chi connectivity index (χ1v) is 9.38. The van der Waals surface area contributed by atoms with Crippen LogP contribution in [0.4, 0.5) is 4.39 Å². The smallest absolute Gasteiger partial charge is 0.255 e. The maximum absolute atomic E-state index is 13.2. The normalized spacial score (nSPS) is 10.8. The van der Waals surface area contributed by atoms with Gasteiger partial charge in [-0.05, 0) is 35.7 Å². The molecule has 0 aliphatic heterocycles. The van der Waals surface area contributed by atoms with Gasteiger partial charge in [-0.15, -0.1) is 0 Å². The zero-order chi connectivity index (χ0) is 20.8. The van der Waals surface area contributed by atoms with Crippen LogP contribution < -0.4 is 10.6 Å². The summed E-state index contributed by atoms with van der Waals surface area (Å²) in [5.74, 6) is -1.00. The number of hydrogen-bond acceptors (Lipinski definition) is 3. The number of halogens is 1. The standard InChI is InChI=1S/C22H23FN4O2/c1-15(2)21-19(13-26-27(21)18-10-8-17(23)9-11-18)22(29)25-14-20(28)24-12-16-6-4-3-5-7-16/h3-11,13,15H,12,14H2,1-2H3,(H,24,28)(H,25,29). The van der Waals surface area contributed by atoms with Crippen LogP contribution in [0, 0.1) is 5.82 Å². The summed E-state index contributed by atoms with van der Waals surface area (Å²) in [6, 6.07) is 15.4. The monoisotopic (exact) mass is 394 g/mol. The number of nitrogens with one attached hydrogen (secondary N) is 2. The van der Waals surface area contributed by atoms with Gasteiger partial charge in [0, 0.05) is 6.54 Å². The topological polar surface area (TPSA) is 76.0 Å². The van der Waals surface area contributed by atoms with E-state index < -0.39 is 0 Å². The molecule has 1 aromatic heterocycles. The Bertz CT molecular complexity index is 982. The lowest BCUT2D eigenvalue weighted by Crippen LogP contribution is -2.36. The minimum Gasteiger partial charge on any atom is -0.350 e. The van der Waals surface area contributed by atoms with Gasteiger partial charge in [-0.2, -0.15) is 5.10 Å². The van der Waals surface area contributed by atoms with Gasteiger partial charge in [-0.25, -0.2) is 9.07 Å². The van der Waals surface area contributed by atoms with Crippen LogP contribution in [0.1, 0.15) is 41.4 Å². The molecule has 0 unspecified atom stereocenters. The van der Waals surface area contributed by atoms with Crippen molar-refractivity contribution in [2.24, 2.45) is 0 Å². The van der Waals surface area contributed by atoms with Crippen molar-refractivity contribution >= 4 is 11.8 Å². The minimum absolute atomic E-state index is 0.00443. The largest absolute Gasteiger partial charge is 0.350 e. The fourth-order valence-electron chi connectivity index (χ4n) is 2.99. The van der Waals surface area contributed by atoms with Crippen LogP contribution in [0.5, 0.6) is 0 Å². The molecule has 0 radical (unpaired) electrons. The van der Waals surface area contributed by atoms with Gasteiger partial charge in [0.05, 0.1) is 29.7 Å². The fraction of sp³-hybridized carbons (Fsp3) is 0.227. The van der Waals surface area contributed by atoms with Crippen LogP contribution in [0.2, 0.25) is 0 Å². The zero-order valence-electron chi connectivity index (χ0n) is 16.4. The predicted molar refractivity (Wildman–Crippen MR) is 108 cm³/mol. The highest BCUT2D eigenvalue weighted by atomic mass is 19.1. The molecule has 3 rings (SSSR count). The molecule has 150 valence electrons. The van der Waals surface area contributed by atoms with Gasteiger partial charge in [0.25, 0.3) is 5.91 Å². The van der Waals surface area contributed by atoms with Gasteiger partial charge >= 0.3 is 0 Å². The molecule has 3 aromatic rings. The third-order valence-corrected chi connectivity index (χ3v) is 4.41. The fourth-order valence-corrected chi connectivity index (χ4v) is 2.99. The number of rotatable bonds is 7. The lowest BCUT2D eigenvalue weighted by atomic mass is 10.0. The van der Waals surface area contributed by atoms with E-state index in [-0.39, 0.29) is 30.1 Å². The maximum Gasteiger partial charge on any atom is 0.255 e. The van der Waals surface area contributed by atoms with Gasteiger partial charge < -0.3 is 10.6 Å². The summed E-state index contributed by atoms with van der Waals surface area (Å²) < 4.78 is 14.8. The summed E-state index contributed by atoms with van der Waals surface area (Å²) in [6.07, 6.45) is 1.47. The molecule has 6 nitrogen and oxygen atoms in total. The van der Waals surface area contributed by atoms with E-state index in [1.807, 2.05) is 44.2 Å². The number of hydrogen-bond donors (Lipinski definition) is 2. The first kappa shape index (κ1) is 20.3. The van der Waals surface area contributed by atoms with E-state index in [1.165, 1.54) is 18.3 Å². The van der Waals surface area contributed by atoms with Crippen molar-refractivity contribution in [2.75, 3.05) is 6.54 Å². The molecule has 0 spiro atoms. The third kappa shape index (κ3) is 5.07. The Morgan fingerprint density at radius 1 is 1.03 bits per heavy atom. The van der Waals surface area contributed by atoms with Gasteiger partial charge in [-0.1, -0.05) is 44.2 Å². The van der Waals surface area contributed by atoms with E-state index in [0.717, 1.165) is 5.56 Å². The summed E-state index contributed by atoms with van der Waals surface area (Å²) in [7, 11) is 0. The van der Waals surface area contributed by atoms with Gasteiger partial charge in [0.1, 0.15) is 5.82 Å². The first-order valence-electron chi connectivity index (χ1n) is 9.38. The van der Waals surface area contributed by atoms with Crippen molar-refractivity contribution in [3.63, 3.8) is 0 Å². The van der Waals surface area contributed by atoms with E-state index in [1.54, 1.807) is 16.8 Å². The third-order valence-electron chi connectivity index (χ3n) is 4.41. The molecule has 2 aromatic carbocycles. The highest BCUT2D eigenvalue weighted by molar-refractivity contribution is 5.97. The maximum atomic E-state index is 13.2. The van der Waals surface area contributed by atoms with Gasteiger partial charge in [-0.3, -0.25) is 9.59 Å². The Balaban J connectivity index is 1.66. The van der Waals surface area contributed by atoms with E-state index in [9.17, 15) is 14.0 Å². The molecule has 7 heteroatoms.